The van der Waals surface area contributed by atoms with Crippen molar-refractivity contribution in [3.8, 4) is 0 Å². The molecule has 0 radical (unpaired) electrons. The van der Waals surface area contributed by atoms with Crippen LogP contribution in [0.15, 0.2) is 24.3 Å². The average Bonchev–Trinajstić information content (AvgIpc) is 2.92. The first kappa shape index (κ1) is 16.6. The SMILES string of the molecule is CCC1CCc2c(sc(NC(=O)c3ccc(F)cc3)c2C(=O)O)C1. The topological polar surface area (TPSA) is 66.4 Å². The van der Waals surface area contributed by atoms with Gasteiger partial charge in [-0.05, 0) is 55.0 Å². The molecule has 1 aliphatic carbocycles. The van der Waals surface area contributed by atoms with E-state index in [1.165, 1.54) is 35.6 Å². The summed E-state index contributed by atoms with van der Waals surface area (Å²) < 4.78 is 13.0. The number of aromatic carboxylic acids is 1. The number of halogens is 1. The maximum atomic E-state index is 13.0. The molecule has 24 heavy (non-hydrogen) atoms. The zero-order chi connectivity index (χ0) is 17.3. The molecule has 0 bridgehead atoms. The van der Waals surface area contributed by atoms with Gasteiger partial charge in [-0.3, -0.25) is 4.79 Å². The van der Waals surface area contributed by atoms with Crippen molar-refractivity contribution in [2.24, 2.45) is 5.92 Å². The van der Waals surface area contributed by atoms with Crippen molar-refractivity contribution in [3.05, 3.63) is 51.7 Å². The summed E-state index contributed by atoms with van der Waals surface area (Å²) in [5.41, 5.74) is 1.36. The van der Waals surface area contributed by atoms with Gasteiger partial charge in [0.2, 0.25) is 0 Å². The Hall–Kier alpha value is -2.21. The molecule has 0 spiro atoms. The molecule has 126 valence electrons. The van der Waals surface area contributed by atoms with E-state index in [0.29, 0.717) is 16.5 Å². The van der Waals surface area contributed by atoms with Crippen molar-refractivity contribution in [1.82, 2.24) is 0 Å². The third kappa shape index (κ3) is 3.19. The lowest BCUT2D eigenvalue weighted by molar-refractivity contribution is 0.0697. The van der Waals surface area contributed by atoms with Crippen LogP contribution in [0.4, 0.5) is 9.39 Å². The number of thiophene rings is 1. The summed E-state index contributed by atoms with van der Waals surface area (Å²) in [7, 11) is 0. The highest BCUT2D eigenvalue weighted by molar-refractivity contribution is 7.17. The van der Waals surface area contributed by atoms with E-state index in [9.17, 15) is 19.1 Å². The van der Waals surface area contributed by atoms with Crippen molar-refractivity contribution in [1.29, 1.82) is 0 Å². The molecular weight excluding hydrogens is 329 g/mol. The van der Waals surface area contributed by atoms with Crippen molar-refractivity contribution >= 4 is 28.2 Å². The number of fused-ring (bicyclic) bond motifs is 1. The summed E-state index contributed by atoms with van der Waals surface area (Å²) in [6.07, 6.45) is 3.64. The van der Waals surface area contributed by atoms with Gasteiger partial charge in [0.25, 0.3) is 5.91 Å². The van der Waals surface area contributed by atoms with Crippen LogP contribution >= 0.6 is 11.3 Å². The minimum absolute atomic E-state index is 0.208. The minimum Gasteiger partial charge on any atom is -0.478 e. The lowest BCUT2D eigenvalue weighted by atomic mass is 9.86. The standard InChI is InChI=1S/C18H18FNO3S/c1-2-10-3-8-13-14(9-10)24-17(15(13)18(22)23)20-16(21)11-4-6-12(19)7-5-11/h4-7,10H,2-3,8-9H2,1H3,(H,20,21)(H,22,23). The fraction of sp³-hybridized carbons (Fsp3) is 0.333. The van der Waals surface area contributed by atoms with E-state index in [0.717, 1.165) is 36.1 Å². The molecule has 0 saturated carbocycles. The number of benzene rings is 1. The zero-order valence-electron chi connectivity index (χ0n) is 13.3. The summed E-state index contributed by atoms with van der Waals surface area (Å²) in [4.78, 5) is 25.0. The van der Waals surface area contributed by atoms with Gasteiger partial charge in [-0.2, -0.15) is 0 Å². The number of hydrogen-bond donors (Lipinski definition) is 2. The van der Waals surface area contributed by atoms with Gasteiger partial charge in [-0.15, -0.1) is 11.3 Å². The molecule has 2 aromatic rings. The largest absolute Gasteiger partial charge is 0.478 e. The molecule has 0 saturated heterocycles. The smallest absolute Gasteiger partial charge is 0.339 e. The van der Waals surface area contributed by atoms with E-state index in [2.05, 4.69) is 12.2 Å². The Labute approximate surface area is 143 Å². The molecule has 0 fully saturated rings. The van der Waals surface area contributed by atoms with Crippen LogP contribution in [0, 0.1) is 11.7 Å². The quantitative estimate of drug-likeness (QED) is 0.864. The van der Waals surface area contributed by atoms with Gasteiger partial charge in [0.1, 0.15) is 10.8 Å². The van der Waals surface area contributed by atoms with Crippen molar-refractivity contribution in [3.63, 3.8) is 0 Å². The molecule has 1 aromatic heterocycles. The summed E-state index contributed by atoms with van der Waals surface area (Å²) in [5, 5.41) is 12.6. The lowest BCUT2D eigenvalue weighted by Gasteiger charge is -2.20. The molecule has 4 nitrogen and oxygen atoms in total. The van der Waals surface area contributed by atoms with Crippen LogP contribution in [-0.4, -0.2) is 17.0 Å². The van der Waals surface area contributed by atoms with Crippen LogP contribution in [0.2, 0.25) is 0 Å². The zero-order valence-corrected chi connectivity index (χ0v) is 14.1. The summed E-state index contributed by atoms with van der Waals surface area (Å²) >= 11 is 1.35. The molecule has 1 atom stereocenters. The molecule has 1 heterocycles. The normalized spacial score (nSPS) is 16.5. The first-order valence-electron chi connectivity index (χ1n) is 7.94. The molecule has 1 unspecified atom stereocenters. The van der Waals surface area contributed by atoms with Gasteiger partial charge < -0.3 is 10.4 Å². The number of amides is 1. The number of anilines is 1. The first-order chi connectivity index (χ1) is 11.5. The van der Waals surface area contributed by atoms with Crippen LogP contribution in [0.3, 0.4) is 0 Å². The van der Waals surface area contributed by atoms with Crippen LogP contribution < -0.4 is 5.32 Å². The first-order valence-corrected chi connectivity index (χ1v) is 8.76. The monoisotopic (exact) mass is 347 g/mol. The van der Waals surface area contributed by atoms with Crippen molar-refractivity contribution in [2.45, 2.75) is 32.6 Å². The van der Waals surface area contributed by atoms with Crippen LogP contribution in [0.25, 0.3) is 0 Å². The number of carbonyl (C=O) groups is 2. The Kier molecular flexibility index (Phi) is 4.66. The van der Waals surface area contributed by atoms with E-state index < -0.39 is 17.7 Å². The molecule has 1 amide bonds. The van der Waals surface area contributed by atoms with Crippen LogP contribution in [0.5, 0.6) is 0 Å². The van der Waals surface area contributed by atoms with E-state index in [1.807, 2.05) is 0 Å². The summed E-state index contributed by atoms with van der Waals surface area (Å²) in [6, 6.07) is 5.17. The number of carbonyl (C=O) groups excluding carboxylic acids is 1. The minimum atomic E-state index is -1.02. The Balaban J connectivity index is 1.90. The maximum Gasteiger partial charge on any atom is 0.339 e. The van der Waals surface area contributed by atoms with E-state index in [4.69, 9.17) is 0 Å². The Morgan fingerprint density at radius 1 is 1.33 bits per heavy atom. The Morgan fingerprint density at radius 2 is 2.04 bits per heavy atom. The molecule has 3 rings (SSSR count). The number of rotatable bonds is 4. The fourth-order valence-electron chi connectivity index (χ4n) is 3.09. The van der Waals surface area contributed by atoms with E-state index in [1.54, 1.807) is 0 Å². The van der Waals surface area contributed by atoms with Crippen LogP contribution in [-0.2, 0) is 12.8 Å². The predicted octanol–water partition coefficient (Wildman–Crippen LogP) is 4.35. The summed E-state index contributed by atoms with van der Waals surface area (Å²) in [5.74, 6) is -1.30. The van der Waals surface area contributed by atoms with Gasteiger partial charge in [0, 0.05) is 10.4 Å². The van der Waals surface area contributed by atoms with E-state index >= 15 is 0 Å². The van der Waals surface area contributed by atoms with Crippen molar-refractivity contribution < 1.29 is 19.1 Å². The predicted molar refractivity (Wildman–Crippen MR) is 91.4 cm³/mol. The van der Waals surface area contributed by atoms with E-state index in [-0.39, 0.29) is 5.56 Å². The Morgan fingerprint density at radius 3 is 2.67 bits per heavy atom. The number of carboxylic acids is 1. The molecule has 1 aliphatic rings. The Bertz CT molecular complexity index is 782. The highest BCUT2D eigenvalue weighted by Crippen LogP contribution is 2.40. The van der Waals surface area contributed by atoms with Gasteiger partial charge in [0.15, 0.2) is 0 Å². The second-order valence-corrected chi connectivity index (χ2v) is 7.10. The molecular formula is C18H18FNO3S. The number of hydrogen-bond acceptors (Lipinski definition) is 3. The second kappa shape index (κ2) is 6.73. The molecule has 2 N–H and O–H groups in total. The molecule has 0 aliphatic heterocycles. The average molecular weight is 347 g/mol. The second-order valence-electron chi connectivity index (χ2n) is 5.99. The fourth-order valence-corrected chi connectivity index (χ4v) is 4.44. The van der Waals surface area contributed by atoms with Crippen LogP contribution in [0.1, 0.15) is 50.9 Å². The highest BCUT2D eigenvalue weighted by Gasteiger charge is 2.29. The van der Waals surface area contributed by atoms with Gasteiger partial charge >= 0.3 is 5.97 Å². The molecule has 1 aromatic carbocycles. The maximum absolute atomic E-state index is 13.0. The third-order valence-corrected chi connectivity index (χ3v) is 5.66. The van der Waals surface area contributed by atoms with Gasteiger partial charge in [-0.1, -0.05) is 13.3 Å². The lowest BCUT2D eigenvalue weighted by Crippen LogP contribution is -2.15. The number of carboxylic acid groups (broad SMARTS) is 1. The number of nitrogens with one attached hydrogen (secondary N) is 1. The molecule has 6 heteroatoms. The van der Waals surface area contributed by atoms with Gasteiger partial charge in [0.05, 0.1) is 5.56 Å². The van der Waals surface area contributed by atoms with Gasteiger partial charge in [-0.25, -0.2) is 9.18 Å². The van der Waals surface area contributed by atoms with Crippen molar-refractivity contribution in [2.75, 3.05) is 5.32 Å². The highest BCUT2D eigenvalue weighted by atomic mass is 32.1. The third-order valence-electron chi connectivity index (χ3n) is 4.49. The summed E-state index contributed by atoms with van der Waals surface area (Å²) in [6.45, 7) is 2.14.